The van der Waals surface area contributed by atoms with Gasteiger partial charge >= 0.3 is 5.69 Å². The second-order valence-corrected chi connectivity index (χ2v) is 4.96. The van der Waals surface area contributed by atoms with Gasteiger partial charge in [0.2, 0.25) is 5.82 Å². The Morgan fingerprint density at radius 1 is 1.72 bits per heavy atom. The Balaban J connectivity index is 2.83. The summed E-state index contributed by atoms with van der Waals surface area (Å²) in [6, 6.07) is 3.14. The third-order valence-electron chi connectivity index (χ3n) is 2.47. The topological polar surface area (TPSA) is 91.8 Å². The van der Waals surface area contributed by atoms with Crippen LogP contribution in [0.5, 0.6) is 0 Å². The van der Waals surface area contributed by atoms with Crippen molar-refractivity contribution in [3.63, 3.8) is 0 Å². The van der Waals surface area contributed by atoms with Gasteiger partial charge in [-0.25, -0.2) is 4.98 Å². The predicted octanol–water partition coefficient (Wildman–Crippen LogP) is 2.41. The van der Waals surface area contributed by atoms with Gasteiger partial charge in [0.15, 0.2) is 0 Å². The van der Waals surface area contributed by atoms with Crippen LogP contribution < -0.4 is 5.32 Å². The van der Waals surface area contributed by atoms with E-state index in [1.165, 1.54) is 12.3 Å². The predicted molar refractivity (Wildman–Crippen MR) is 71.7 cm³/mol. The average molecular weight is 266 g/mol. The molecule has 1 rings (SSSR count). The maximum atomic E-state index is 10.9. The average Bonchev–Trinajstić information content (AvgIpc) is 2.37. The number of thioether (sulfide) groups is 1. The molecule has 0 saturated heterocycles. The number of pyridine rings is 1. The van der Waals surface area contributed by atoms with Crippen LogP contribution in [-0.2, 0) is 0 Å². The zero-order valence-corrected chi connectivity index (χ0v) is 11.0. The van der Waals surface area contributed by atoms with Crippen LogP contribution in [0.3, 0.4) is 0 Å². The SMILES string of the molecule is CSC(C)CCNc1nccc(C#N)c1[N+](=O)[O-]. The molecule has 0 saturated carbocycles. The molecule has 1 unspecified atom stereocenters. The van der Waals surface area contributed by atoms with E-state index >= 15 is 0 Å². The van der Waals surface area contributed by atoms with Crippen molar-refractivity contribution in [1.29, 1.82) is 5.26 Å². The van der Waals surface area contributed by atoms with E-state index in [9.17, 15) is 10.1 Å². The van der Waals surface area contributed by atoms with Crippen molar-refractivity contribution in [2.24, 2.45) is 0 Å². The molecule has 0 fully saturated rings. The number of aromatic nitrogens is 1. The first-order valence-corrected chi connectivity index (χ1v) is 6.69. The van der Waals surface area contributed by atoms with Crippen molar-refractivity contribution >= 4 is 23.3 Å². The third kappa shape index (κ3) is 3.60. The molecule has 0 spiro atoms. The fourth-order valence-corrected chi connectivity index (χ4v) is 1.72. The fraction of sp³-hybridized carbons (Fsp3) is 0.455. The molecular weight excluding hydrogens is 252 g/mol. The zero-order valence-electron chi connectivity index (χ0n) is 10.2. The molecule has 0 aromatic carbocycles. The van der Waals surface area contributed by atoms with Gasteiger partial charge < -0.3 is 5.32 Å². The van der Waals surface area contributed by atoms with Gasteiger partial charge in [0.25, 0.3) is 0 Å². The van der Waals surface area contributed by atoms with Gasteiger partial charge in [-0.15, -0.1) is 0 Å². The van der Waals surface area contributed by atoms with Crippen molar-refractivity contribution in [2.75, 3.05) is 18.1 Å². The Hall–Kier alpha value is -1.81. The highest BCUT2D eigenvalue weighted by Gasteiger charge is 2.20. The molecule has 96 valence electrons. The molecule has 18 heavy (non-hydrogen) atoms. The lowest BCUT2D eigenvalue weighted by Crippen LogP contribution is -2.10. The first kappa shape index (κ1) is 14.3. The third-order valence-corrected chi connectivity index (χ3v) is 3.51. The van der Waals surface area contributed by atoms with Gasteiger partial charge in [-0.2, -0.15) is 17.0 Å². The lowest BCUT2D eigenvalue weighted by Gasteiger charge is -2.09. The van der Waals surface area contributed by atoms with E-state index in [2.05, 4.69) is 17.2 Å². The molecule has 6 nitrogen and oxygen atoms in total. The minimum absolute atomic E-state index is 0.0235. The molecular formula is C11H14N4O2S. The Morgan fingerprint density at radius 2 is 2.44 bits per heavy atom. The van der Waals surface area contributed by atoms with E-state index in [4.69, 9.17) is 5.26 Å². The van der Waals surface area contributed by atoms with Crippen LogP contribution in [0.2, 0.25) is 0 Å². The van der Waals surface area contributed by atoms with Crippen LogP contribution in [0.1, 0.15) is 18.9 Å². The Kier molecular flexibility index (Phi) is 5.39. The normalized spacial score (nSPS) is 11.6. The molecule has 1 heterocycles. The number of hydrogen-bond donors (Lipinski definition) is 1. The second kappa shape index (κ2) is 6.81. The quantitative estimate of drug-likeness (QED) is 0.628. The first-order chi connectivity index (χ1) is 8.60. The van der Waals surface area contributed by atoms with E-state index in [1.807, 2.05) is 6.26 Å². The van der Waals surface area contributed by atoms with Crippen molar-refractivity contribution in [3.8, 4) is 6.07 Å². The van der Waals surface area contributed by atoms with E-state index in [0.717, 1.165) is 6.42 Å². The van der Waals surface area contributed by atoms with Crippen LogP contribution >= 0.6 is 11.8 Å². The number of hydrogen-bond acceptors (Lipinski definition) is 6. The van der Waals surface area contributed by atoms with Crippen LogP contribution in [-0.4, -0.2) is 28.0 Å². The summed E-state index contributed by atoms with van der Waals surface area (Å²) in [5.41, 5.74) is -0.229. The maximum Gasteiger partial charge on any atom is 0.328 e. The Morgan fingerprint density at radius 3 is 3.00 bits per heavy atom. The second-order valence-electron chi connectivity index (χ2n) is 3.69. The molecule has 1 atom stereocenters. The summed E-state index contributed by atoms with van der Waals surface area (Å²) in [6.07, 6.45) is 4.28. The van der Waals surface area contributed by atoms with E-state index in [0.29, 0.717) is 11.8 Å². The molecule has 0 aliphatic carbocycles. The maximum absolute atomic E-state index is 10.9. The highest BCUT2D eigenvalue weighted by molar-refractivity contribution is 7.99. The Bertz CT molecular complexity index is 473. The summed E-state index contributed by atoms with van der Waals surface area (Å²) in [5, 5.41) is 23.1. The lowest BCUT2D eigenvalue weighted by molar-refractivity contribution is -0.384. The highest BCUT2D eigenvalue weighted by Crippen LogP contribution is 2.25. The molecule has 0 amide bonds. The van der Waals surface area contributed by atoms with Gasteiger partial charge in [0.05, 0.1) is 4.92 Å². The minimum Gasteiger partial charge on any atom is -0.364 e. The first-order valence-electron chi connectivity index (χ1n) is 5.40. The van der Waals surface area contributed by atoms with E-state index < -0.39 is 4.92 Å². The fourth-order valence-electron chi connectivity index (χ4n) is 1.37. The Labute approximate surface area is 110 Å². The van der Waals surface area contributed by atoms with Crippen LogP contribution in [0.15, 0.2) is 12.3 Å². The summed E-state index contributed by atoms with van der Waals surface area (Å²) in [6.45, 7) is 2.67. The minimum atomic E-state index is -0.577. The van der Waals surface area contributed by atoms with Crippen LogP contribution in [0.4, 0.5) is 11.5 Å². The van der Waals surface area contributed by atoms with Gasteiger partial charge in [-0.05, 0) is 18.7 Å². The molecule has 1 N–H and O–H groups in total. The van der Waals surface area contributed by atoms with Crippen molar-refractivity contribution in [2.45, 2.75) is 18.6 Å². The largest absolute Gasteiger partial charge is 0.364 e. The monoisotopic (exact) mass is 266 g/mol. The number of anilines is 1. The molecule has 1 aromatic rings. The number of nitrogens with zero attached hydrogens (tertiary/aromatic N) is 3. The summed E-state index contributed by atoms with van der Waals surface area (Å²) in [7, 11) is 0. The summed E-state index contributed by atoms with van der Waals surface area (Å²) in [5.74, 6) is 0.160. The van der Waals surface area contributed by atoms with Crippen molar-refractivity contribution in [1.82, 2.24) is 4.98 Å². The number of rotatable bonds is 6. The van der Waals surface area contributed by atoms with Gasteiger partial charge in [-0.1, -0.05) is 6.92 Å². The van der Waals surface area contributed by atoms with E-state index in [-0.39, 0.29) is 17.1 Å². The molecule has 1 aromatic heterocycles. The van der Waals surface area contributed by atoms with E-state index in [1.54, 1.807) is 17.8 Å². The highest BCUT2D eigenvalue weighted by atomic mass is 32.2. The lowest BCUT2D eigenvalue weighted by atomic mass is 10.2. The molecule has 0 aliphatic heterocycles. The number of nitro groups is 1. The van der Waals surface area contributed by atoms with Crippen molar-refractivity contribution in [3.05, 3.63) is 27.9 Å². The summed E-state index contributed by atoms with van der Waals surface area (Å²) < 4.78 is 0. The zero-order chi connectivity index (χ0) is 13.5. The molecule has 0 radical (unpaired) electrons. The summed E-state index contributed by atoms with van der Waals surface area (Å²) in [4.78, 5) is 14.3. The number of nitrogens with one attached hydrogen (secondary N) is 1. The van der Waals surface area contributed by atoms with Gasteiger partial charge in [0, 0.05) is 18.0 Å². The molecule has 7 heteroatoms. The van der Waals surface area contributed by atoms with Crippen molar-refractivity contribution < 1.29 is 4.92 Å². The summed E-state index contributed by atoms with van der Waals surface area (Å²) >= 11 is 1.73. The smallest absolute Gasteiger partial charge is 0.328 e. The van der Waals surface area contributed by atoms with Crippen LogP contribution in [0.25, 0.3) is 0 Å². The number of nitriles is 1. The standard InChI is InChI=1S/C11H14N4O2S/c1-8(18-2)3-5-13-11-10(15(16)17)9(7-12)4-6-14-11/h4,6,8H,3,5H2,1-2H3,(H,13,14). The van der Waals surface area contributed by atoms with Gasteiger partial charge in [-0.3, -0.25) is 10.1 Å². The molecule has 0 aliphatic rings. The molecule has 0 bridgehead atoms. The van der Waals surface area contributed by atoms with Gasteiger partial charge in [0.1, 0.15) is 11.6 Å². The van der Waals surface area contributed by atoms with Crippen LogP contribution in [0, 0.1) is 21.4 Å².